The highest BCUT2D eigenvalue weighted by molar-refractivity contribution is 5.87. The van der Waals surface area contributed by atoms with Crippen LogP contribution in [0.5, 0.6) is 5.75 Å². The number of rotatable bonds is 3. The lowest BCUT2D eigenvalue weighted by Gasteiger charge is -2.09. The third-order valence-corrected chi connectivity index (χ3v) is 4.00. The van der Waals surface area contributed by atoms with Gasteiger partial charge in [-0.15, -0.1) is 0 Å². The van der Waals surface area contributed by atoms with Crippen molar-refractivity contribution in [3.8, 4) is 16.9 Å². The molecule has 0 radical (unpaired) electrons. The molecule has 0 aliphatic heterocycles. The molecule has 4 aromatic rings. The molecule has 2 aromatic heterocycles. The van der Waals surface area contributed by atoms with Gasteiger partial charge in [0.25, 0.3) is 0 Å². The molecule has 0 aliphatic carbocycles. The standard InChI is InChI=1S/C20H16N4O/c1-13-18-11-15(14-4-7-17(25)8-5-14)6-9-19(18)24-20(22-13)23-16-3-2-10-21-12-16/h2-12,25H,1H3,(H,22,23,24). The molecule has 122 valence electrons. The number of pyridine rings is 1. The number of phenolic OH excluding ortho intramolecular Hbond substituents is 1. The van der Waals surface area contributed by atoms with Gasteiger partial charge in [0.2, 0.25) is 5.95 Å². The number of hydrogen-bond acceptors (Lipinski definition) is 5. The number of anilines is 2. The molecule has 4 rings (SSSR count). The van der Waals surface area contributed by atoms with Crippen LogP contribution >= 0.6 is 0 Å². The van der Waals surface area contributed by atoms with Crippen molar-refractivity contribution in [2.45, 2.75) is 6.92 Å². The summed E-state index contributed by atoms with van der Waals surface area (Å²) in [5.74, 6) is 0.811. The summed E-state index contributed by atoms with van der Waals surface area (Å²) in [6, 6.07) is 17.0. The van der Waals surface area contributed by atoms with Crippen LogP contribution in [-0.2, 0) is 0 Å². The molecular formula is C20H16N4O. The number of benzene rings is 2. The number of aromatic nitrogens is 3. The molecule has 5 heteroatoms. The van der Waals surface area contributed by atoms with Gasteiger partial charge in [0.1, 0.15) is 5.75 Å². The molecule has 0 unspecified atom stereocenters. The Morgan fingerprint density at radius 3 is 2.48 bits per heavy atom. The van der Waals surface area contributed by atoms with Gasteiger partial charge in [-0.05, 0) is 54.4 Å². The number of aromatic hydroxyl groups is 1. The molecule has 2 aromatic carbocycles. The van der Waals surface area contributed by atoms with Crippen LogP contribution in [0.4, 0.5) is 11.6 Å². The molecule has 0 fully saturated rings. The van der Waals surface area contributed by atoms with E-state index in [1.54, 1.807) is 24.5 Å². The van der Waals surface area contributed by atoms with Crippen molar-refractivity contribution in [3.05, 3.63) is 72.7 Å². The third kappa shape index (κ3) is 3.12. The molecule has 2 heterocycles. The highest BCUT2D eigenvalue weighted by Gasteiger charge is 2.07. The molecule has 0 spiro atoms. The van der Waals surface area contributed by atoms with E-state index in [1.807, 2.05) is 43.3 Å². The van der Waals surface area contributed by atoms with Crippen molar-refractivity contribution in [2.24, 2.45) is 0 Å². The van der Waals surface area contributed by atoms with Crippen molar-refractivity contribution in [1.29, 1.82) is 0 Å². The Labute approximate surface area is 145 Å². The van der Waals surface area contributed by atoms with E-state index in [0.717, 1.165) is 33.4 Å². The summed E-state index contributed by atoms with van der Waals surface area (Å²) < 4.78 is 0. The normalized spacial score (nSPS) is 10.8. The monoisotopic (exact) mass is 328 g/mol. The second kappa shape index (κ2) is 6.20. The van der Waals surface area contributed by atoms with E-state index in [2.05, 4.69) is 26.3 Å². The summed E-state index contributed by atoms with van der Waals surface area (Å²) in [4.78, 5) is 13.2. The average molecular weight is 328 g/mol. The van der Waals surface area contributed by atoms with Gasteiger partial charge in [-0.3, -0.25) is 4.98 Å². The van der Waals surface area contributed by atoms with Crippen LogP contribution in [0, 0.1) is 6.92 Å². The smallest absolute Gasteiger partial charge is 0.228 e. The summed E-state index contributed by atoms with van der Waals surface area (Å²) >= 11 is 0. The van der Waals surface area contributed by atoms with Gasteiger partial charge < -0.3 is 10.4 Å². The first kappa shape index (κ1) is 15.1. The van der Waals surface area contributed by atoms with Crippen LogP contribution in [0.25, 0.3) is 22.0 Å². The molecule has 0 saturated heterocycles. The fourth-order valence-corrected chi connectivity index (χ4v) is 2.74. The summed E-state index contributed by atoms with van der Waals surface area (Å²) in [5, 5.41) is 13.6. The quantitative estimate of drug-likeness (QED) is 0.581. The van der Waals surface area contributed by atoms with Crippen LogP contribution in [0.1, 0.15) is 5.69 Å². The minimum Gasteiger partial charge on any atom is -0.508 e. The lowest BCUT2D eigenvalue weighted by molar-refractivity contribution is 0.475. The lowest BCUT2D eigenvalue weighted by Crippen LogP contribution is -2.00. The van der Waals surface area contributed by atoms with E-state index in [9.17, 15) is 5.11 Å². The Kier molecular flexibility index (Phi) is 3.74. The zero-order chi connectivity index (χ0) is 17.2. The van der Waals surface area contributed by atoms with Gasteiger partial charge in [-0.2, -0.15) is 0 Å². The molecule has 0 amide bonds. The third-order valence-electron chi connectivity index (χ3n) is 4.00. The average Bonchev–Trinajstić information content (AvgIpc) is 2.63. The van der Waals surface area contributed by atoms with Crippen molar-refractivity contribution >= 4 is 22.5 Å². The molecule has 25 heavy (non-hydrogen) atoms. The zero-order valence-electron chi connectivity index (χ0n) is 13.6. The molecule has 0 bridgehead atoms. The molecule has 0 saturated carbocycles. The van der Waals surface area contributed by atoms with E-state index in [4.69, 9.17) is 0 Å². The summed E-state index contributed by atoms with van der Waals surface area (Å²) in [7, 11) is 0. The van der Waals surface area contributed by atoms with E-state index >= 15 is 0 Å². The Hall–Kier alpha value is -3.47. The molecular weight excluding hydrogens is 312 g/mol. The van der Waals surface area contributed by atoms with Gasteiger partial charge in [0, 0.05) is 11.6 Å². The number of fused-ring (bicyclic) bond motifs is 1. The number of aryl methyl sites for hydroxylation is 1. The predicted molar refractivity (Wildman–Crippen MR) is 98.9 cm³/mol. The fourth-order valence-electron chi connectivity index (χ4n) is 2.74. The number of phenols is 1. The van der Waals surface area contributed by atoms with Gasteiger partial charge in [0.05, 0.1) is 23.1 Å². The largest absolute Gasteiger partial charge is 0.508 e. The first-order valence-electron chi connectivity index (χ1n) is 7.94. The highest BCUT2D eigenvalue weighted by atomic mass is 16.3. The fraction of sp³-hybridized carbons (Fsp3) is 0.0500. The van der Waals surface area contributed by atoms with Gasteiger partial charge in [0.15, 0.2) is 0 Å². The van der Waals surface area contributed by atoms with Crippen molar-refractivity contribution in [1.82, 2.24) is 15.0 Å². The molecule has 2 N–H and O–H groups in total. The maximum Gasteiger partial charge on any atom is 0.228 e. The first-order chi connectivity index (χ1) is 12.2. The number of nitrogens with zero attached hydrogens (tertiary/aromatic N) is 3. The Balaban J connectivity index is 1.73. The van der Waals surface area contributed by atoms with E-state index < -0.39 is 0 Å². The van der Waals surface area contributed by atoms with Crippen molar-refractivity contribution < 1.29 is 5.11 Å². The topological polar surface area (TPSA) is 70.9 Å². The minimum absolute atomic E-state index is 0.259. The maximum absolute atomic E-state index is 9.44. The van der Waals surface area contributed by atoms with E-state index in [1.165, 1.54) is 0 Å². The summed E-state index contributed by atoms with van der Waals surface area (Å²) in [6.07, 6.45) is 3.46. The maximum atomic E-state index is 9.44. The summed E-state index contributed by atoms with van der Waals surface area (Å²) in [6.45, 7) is 1.97. The van der Waals surface area contributed by atoms with Gasteiger partial charge in [-0.1, -0.05) is 18.2 Å². The predicted octanol–water partition coefficient (Wildman–Crippen LogP) is 4.45. The Morgan fingerprint density at radius 2 is 1.72 bits per heavy atom. The first-order valence-corrected chi connectivity index (χ1v) is 7.94. The van der Waals surface area contributed by atoms with Crippen LogP contribution in [-0.4, -0.2) is 20.1 Å². The number of nitrogens with one attached hydrogen (secondary N) is 1. The Morgan fingerprint density at radius 1 is 0.920 bits per heavy atom. The van der Waals surface area contributed by atoms with E-state index in [0.29, 0.717) is 5.95 Å². The van der Waals surface area contributed by atoms with Crippen LogP contribution < -0.4 is 5.32 Å². The van der Waals surface area contributed by atoms with Crippen LogP contribution in [0.15, 0.2) is 67.0 Å². The van der Waals surface area contributed by atoms with E-state index in [-0.39, 0.29) is 5.75 Å². The molecule has 0 aliphatic rings. The zero-order valence-corrected chi connectivity index (χ0v) is 13.6. The van der Waals surface area contributed by atoms with Gasteiger partial charge >= 0.3 is 0 Å². The summed E-state index contributed by atoms with van der Waals surface area (Å²) in [5.41, 5.74) is 4.73. The highest BCUT2D eigenvalue weighted by Crippen LogP contribution is 2.27. The van der Waals surface area contributed by atoms with Crippen LogP contribution in [0.2, 0.25) is 0 Å². The number of hydrogen-bond donors (Lipinski definition) is 2. The van der Waals surface area contributed by atoms with Gasteiger partial charge in [-0.25, -0.2) is 9.97 Å². The molecule has 5 nitrogen and oxygen atoms in total. The Bertz CT molecular complexity index is 1030. The van der Waals surface area contributed by atoms with Crippen LogP contribution in [0.3, 0.4) is 0 Å². The van der Waals surface area contributed by atoms with Crippen molar-refractivity contribution in [2.75, 3.05) is 5.32 Å². The SMILES string of the molecule is Cc1nc(Nc2cccnc2)nc2ccc(-c3ccc(O)cc3)cc12. The second-order valence-electron chi connectivity index (χ2n) is 5.78. The lowest BCUT2D eigenvalue weighted by atomic mass is 10.0. The second-order valence-corrected chi connectivity index (χ2v) is 5.78. The van der Waals surface area contributed by atoms with Crippen molar-refractivity contribution in [3.63, 3.8) is 0 Å². The minimum atomic E-state index is 0.259. The molecule has 0 atom stereocenters.